The lowest BCUT2D eigenvalue weighted by Crippen LogP contribution is -2.28. The predicted molar refractivity (Wildman–Crippen MR) is 80.9 cm³/mol. The molecule has 1 fully saturated rings. The average molecular weight is 312 g/mol. The Labute approximate surface area is 129 Å². The zero-order valence-corrected chi connectivity index (χ0v) is 13.1. The third-order valence-electron chi connectivity index (χ3n) is 3.37. The van der Waals surface area contributed by atoms with Crippen molar-refractivity contribution < 1.29 is 18.3 Å². The van der Waals surface area contributed by atoms with E-state index in [-0.39, 0.29) is 11.7 Å². The second kappa shape index (κ2) is 6.60. The molecule has 1 aliphatic rings. The minimum absolute atomic E-state index is 0.192. The predicted octanol–water partition coefficient (Wildman–Crippen LogP) is 3.61. The number of ether oxygens (including phenoxy) is 1. The zero-order chi connectivity index (χ0) is 16.3. The van der Waals surface area contributed by atoms with Gasteiger partial charge in [0, 0.05) is 6.04 Å². The van der Waals surface area contributed by atoms with Gasteiger partial charge in [-0.3, -0.25) is 5.32 Å². The standard InChI is InChI=1S/C16H22F2N2O2/c1-16(2,3)22-15(21)20-13-9-10(8-12(17)14(13)18)7-11-5-4-6-19-11/h8-9,11,19H,4-7H2,1-3H3,(H,20,21). The van der Waals surface area contributed by atoms with Crippen LogP contribution in [0.1, 0.15) is 39.2 Å². The number of benzene rings is 1. The largest absolute Gasteiger partial charge is 0.444 e. The van der Waals surface area contributed by atoms with Crippen molar-refractivity contribution >= 4 is 11.8 Å². The number of halogens is 2. The first-order valence-corrected chi connectivity index (χ1v) is 7.46. The number of nitrogens with one attached hydrogen (secondary N) is 2. The molecular formula is C16H22F2N2O2. The summed E-state index contributed by atoms with van der Waals surface area (Å²) >= 11 is 0. The molecule has 6 heteroatoms. The summed E-state index contributed by atoms with van der Waals surface area (Å²) < 4.78 is 32.6. The molecule has 0 saturated carbocycles. The van der Waals surface area contributed by atoms with Crippen molar-refractivity contribution in [2.75, 3.05) is 11.9 Å². The maximum absolute atomic E-state index is 13.8. The van der Waals surface area contributed by atoms with Gasteiger partial charge in [-0.15, -0.1) is 0 Å². The first kappa shape index (κ1) is 16.7. The topological polar surface area (TPSA) is 50.4 Å². The summed E-state index contributed by atoms with van der Waals surface area (Å²) in [5.74, 6) is -2.05. The van der Waals surface area contributed by atoms with Crippen LogP contribution in [0.2, 0.25) is 0 Å². The number of anilines is 1. The SMILES string of the molecule is CC(C)(C)OC(=O)Nc1cc(CC2CCCN2)cc(F)c1F. The van der Waals surface area contributed by atoms with Crippen molar-refractivity contribution in [3.63, 3.8) is 0 Å². The van der Waals surface area contributed by atoms with Crippen molar-refractivity contribution in [2.24, 2.45) is 0 Å². The molecule has 1 aliphatic heterocycles. The van der Waals surface area contributed by atoms with Gasteiger partial charge >= 0.3 is 6.09 Å². The number of hydrogen-bond acceptors (Lipinski definition) is 3. The number of carbonyl (C=O) groups is 1. The Morgan fingerprint density at radius 1 is 1.41 bits per heavy atom. The minimum Gasteiger partial charge on any atom is -0.444 e. The summed E-state index contributed by atoms with van der Waals surface area (Å²) in [4.78, 5) is 11.7. The number of carbonyl (C=O) groups excluding carboxylic acids is 1. The van der Waals surface area contributed by atoms with Gasteiger partial charge < -0.3 is 10.1 Å². The second-order valence-electron chi connectivity index (χ2n) is 6.56. The van der Waals surface area contributed by atoms with Crippen LogP contribution in [0.3, 0.4) is 0 Å². The highest BCUT2D eigenvalue weighted by Gasteiger charge is 2.20. The van der Waals surface area contributed by atoms with Crippen LogP contribution >= 0.6 is 0 Å². The number of hydrogen-bond donors (Lipinski definition) is 2. The maximum Gasteiger partial charge on any atom is 0.412 e. The molecule has 1 unspecified atom stereocenters. The lowest BCUT2D eigenvalue weighted by atomic mass is 10.0. The van der Waals surface area contributed by atoms with E-state index in [1.54, 1.807) is 20.8 Å². The second-order valence-corrected chi connectivity index (χ2v) is 6.56. The monoisotopic (exact) mass is 312 g/mol. The molecule has 0 aromatic heterocycles. The lowest BCUT2D eigenvalue weighted by molar-refractivity contribution is 0.0635. The molecule has 1 atom stereocenters. The van der Waals surface area contributed by atoms with E-state index in [9.17, 15) is 13.6 Å². The summed E-state index contributed by atoms with van der Waals surface area (Å²) in [6.45, 7) is 6.04. The molecule has 1 aromatic carbocycles. The minimum atomic E-state index is -1.08. The Hall–Kier alpha value is -1.69. The van der Waals surface area contributed by atoms with Crippen LogP contribution in [-0.4, -0.2) is 24.3 Å². The van der Waals surface area contributed by atoms with Crippen molar-refractivity contribution in [3.05, 3.63) is 29.3 Å². The van der Waals surface area contributed by atoms with Crippen LogP contribution in [0, 0.1) is 11.6 Å². The zero-order valence-electron chi connectivity index (χ0n) is 13.1. The van der Waals surface area contributed by atoms with E-state index in [2.05, 4.69) is 10.6 Å². The van der Waals surface area contributed by atoms with E-state index >= 15 is 0 Å². The third-order valence-corrected chi connectivity index (χ3v) is 3.37. The van der Waals surface area contributed by atoms with Gasteiger partial charge in [-0.25, -0.2) is 13.6 Å². The summed E-state index contributed by atoms with van der Waals surface area (Å²) in [5.41, 5.74) is -0.253. The highest BCUT2D eigenvalue weighted by molar-refractivity contribution is 5.85. The molecule has 1 heterocycles. The Bertz CT molecular complexity index is 550. The quantitative estimate of drug-likeness (QED) is 0.896. The molecule has 1 saturated heterocycles. The smallest absolute Gasteiger partial charge is 0.412 e. The van der Waals surface area contributed by atoms with Crippen LogP contribution in [0.5, 0.6) is 0 Å². The first-order chi connectivity index (χ1) is 10.2. The van der Waals surface area contributed by atoms with Crippen LogP contribution in [0.15, 0.2) is 12.1 Å². The first-order valence-electron chi connectivity index (χ1n) is 7.46. The van der Waals surface area contributed by atoms with Crippen LogP contribution in [-0.2, 0) is 11.2 Å². The van der Waals surface area contributed by atoms with Gasteiger partial charge in [0.2, 0.25) is 0 Å². The highest BCUT2D eigenvalue weighted by atomic mass is 19.2. The summed E-state index contributed by atoms with van der Waals surface area (Å²) in [6, 6.07) is 2.90. The molecule has 1 aromatic rings. The Morgan fingerprint density at radius 2 is 2.14 bits per heavy atom. The van der Waals surface area contributed by atoms with E-state index in [1.807, 2.05) is 0 Å². The van der Waals surface area contributed by atoms with Crippen LogP contribution in [0.4, 0.5) is 19.3 Å². The van der Waals surface area contributed by atoms with Crippen molar-refractivity contribution in [2.45, 2.75) is 51.7 Å². The summed E-state index contributed by atoms with van der Waals surface area (Å²) in [5, 5.41) is 5.58. The Kier molecular flexibility index (Phi) is 5.01. The van der Waals surface area contributed by atoms with Gasteiger partial charge in [-0.05, 0) is 64.3 Å². The molecule has 1 amide bonds. The molecular weight excluding hydrogens is 290 g/mol. The van der Waals surface area contributed by atoms with Crippen molar-refractivity contribution in [1.29, 1.82) is 0 Å². The molecule has 0 bridgehead atoms. The van der Waals surface area contributed by atoms with E-state index in [1.165, 1.54) is 12.1 Å². The van der Waals surface area contributed by atoms with Gasteiger partial charge in [0.25, 0.3) is 0 Å². The molecule has 122 valence electrons. The van der Waals surface area contributed by atoms with E-state index < -0.39 is 23.3 Å². The molecule has 22 heavy (non-hydrogen) atoms. The van der Waals surface area contributed by atoms with Gasteiger partial charge in [0.15, 0.2) is 11.6 Å². The fourth-order valence-electron chi connectivity index (χ4n) is 2.48. The van der Waals surface area contributed by atoms with Gasteiger partial charge in [-0.1, -0.05) is 0 Å². The molecule has 2 N–H and O–H groups in total. The molecule has 0 radical (unpaired) electrons. The van der Waals surface area contributed by atoms with Crippen molar-refractivity contribution in [1.82, 2.24) is 5.32 Å². The van der Waals surface area contributed by atoms with E-state index in [0.29, 0.717) is 12.0 Å². The molecule has 4 nitrogen and oxygen atoms in total. The lowest BCUT2D eigenvalue weighted by Gasteiger charge is -2.20. The van der Waals surface area contributed by atoms with Gasteiger partial charge in [0.05, 0.1) is 5.69 Å². The molecule has 0 aliphatic carbocycles. The fraction of sp³-hybridized carbons (Fsp3) is 0.562. The normalized spacial score (nSPS) is 18.3. The third kappa shape index (κ3) is 4.66. The average Bonchev–Trinajstić information content (AvgIpc) is 2.85. The fourth-order valence-corrected chi connectivity index (χ4v) is 2.48. The van der Waals surface area contributed by atoms with Gasteiger partial charge in [0.1, 0.15) is 5.60 Å². The molecule has 2 rings (SSSR count). The molecule has 0 spiro atoms. The number of amides is 1. The summed E-state index contributed by atoms with van der Waals surface area (Å²) in [7, 11) is 0. The van der Waals surface area contributed by atoms with E-state index in [4.69, 9.17) is 4.74 Å². The van der Waals surface area contributed by atoms with Gasteiger partial charge in [-0.2, -0.15) is 0 Å². The van der Waals surface area contributed by atoms with Crippen LogP contribution in [0.25, 0.3) is 0 Å². The summed E-state index contributed by atoms with van der Waals surface area (Å²) in [6.07, 6.45) is 1.88. The van der Waals surface area contributed by atoms with Crippen molar-refractivity contribution in [3.8, 4) is 0 Å². The Balaban J connectivity index is 2.12. The highest BCUT2D eigenvalue weighted by Crippen LogP contribution is 2.23. The van der Waals surface area contributed by atoms with Crippen LogP contribution < -0.4 is 10.6 Å². The van der Waals surface area contributed by atoms with E-state index in [0.717, 1.165) is 19.4 Å². The maximum atomic E-state index is 13.8. The number of rotatable bonds is 3. The Morgan fingerprint density at radius 3 is 2.73 bits per heavy atom.